The first-order valence-electron chi connectivity index (χ1n) is 11.2. The Morgan fingerprint density at radius 3 is 2.45 bits per heavy atom. The smallest absolute Gasteiger partial charge is 0.303 e. The third-order valence-corrected chi connectivity index (χ3v) is 4.44. The average Bonchev–Trinajstić information content (AvgIpc) is 3.37. The van der Waals surface area contributed by atoms with Gasteiger partial charge in [0, 0.05) is 24.8 Å². The summed E-state index contributed by atoms with van der Waals surface area (Å²) in [5.74, 6) is -2.74. The van der Waals surface area contributed by atoms with Crippen LogP contribution in [-0.4, -0.2) is 67.5 Å². The molecule has 3 heterocycles. The van der Waals surface area contributed by atoms with Crippen molar-refractivity contribution >= 4 is 29.1 Å². The first-order chi connectivity index (χ1) is 16.1. The second kappa shape index (κ2) is 8.55. The summed E-state index contributed by atoms with van der Waals surface area (Å²) in [6.45, 7) is 0.507. The van der Waals surface area contributed by atoms with Crippen LogP contribution >= 0.6 is 0 Å². The number of carbonyl (C=O) groups is 3. The van der Waals surface area contributed by atoms with Crippen LogP contribution in [0.3, 0.4) is 0 Å². The maximum absolute atomic E-state index is 12.0. The number of ether oxygens (including phenoxy) is 4. The van der Waals surface area contributed by atoms with Crippen LogP contribution in [0.5, 0.6) is 0 Å². The van der Waals surface area contributed by atoms with Crippen LogP contribution in [0.2, 0.25) is 0 Å². The highest BCUT2D eigenvalue weighted by Gasteiger charge is 2.51. The molecule has 31 heavy (non-hydrogen) atoms. The number of nitrogens with zero attached hydrogens (tertiary/aromatic N) is 4. The first-order valence-corrected chi connectivity index (χ1v) is 9.08. The maximum Gasteiger partial charge on any atom is 0.303 e. The Hall–Kier alpha value is -3.12. The molecule has 0 saturated carbocycles. The van der Waals surface area contributed by atoms with E-state index in [9.17, 15) is 19.5 Å². The molecule has 4 atom stereocenters. The molecule has 1 aliphatic rings. The van der Waals surface area contributed by atoms with Gasteiger partial charge in [-0.1, -0.05) is 0 Å². The molecule has 1 aliphatic heterocycles. The van der Waals surface area contributed by atoms with Gasteiger partial charge in [0.1, 0.15) is 35.8 Å². The Labute approximate surface area is 181 Å². The zero-order valence-corrected chi connectivity index (χ0v) is 16.9. The van der Waals surface area contributed by atoms with Crippen LogP contribution in [0.15, 0.2) is 12.7 Å². The highest BCUT2D eigenvalue weighted by atomic mass is 16.7. The molecule has 2 aromatic rings. The second-order valence-electron chi connectivity index (χ2n) is 7.26. The van der Waals surface area contributed by atoms with Gasteiger partial charge in [-0.3, -0.25) is 19.0 Å². The molecule has 0 radical (unpaired) electrons. The van der Waals surface area contributed by atoms with Crippen molar-refractivity contribution in [3.05, 3.63) is 18.3 Å². The van der Waals surface area contributed by atoms with Crippen molar-refractivity contribution < 1.29 is 42.5 Å². The van der Waals surface area contributed by atoms with E-state index in [4.69, 9.17) is 23.1 Å². The number of rotatable bonds is 6. The Kier molecular flexibility index (Phi) is 5.14. The normalized spacial score (nSPS) is 24.8. The molecule has 1 unspecified atom stereocenters. The van der Waals surface area contributed by atoms with Crippen molar-refractivity contribution in [3.63, 3.8) is 0 Å². The molecule has 0 bridgehead atoms. The summed E-state index contributed by atoms with van der Waals surface area (Å²) in [7, 11) is 0. The van der Waals surface area contributed by atoms with E-state index in [1.165, 1.54) is 31.1 Å². The van der Waals surface area contributed by atoms with Gasteiger partial charge in [-0.05, 0) is 13.8 Å². The minimum absolute atomic E-state index is 0.207. The van der Waals surface area contributed by atoms with E-state index in [-0.39, 0.29) is 16.9 Å². The van der Waals surface area contributed by atoms with Gasteiger partial charge in [0.05, 0.1) is 6.33 Å². The van der Waals surface area contributed by atoms with E-state index in [1.807, 2.05) is 0 Å². The zero-order chi connectivity index (χ0) is 25.0. The summed E-state index contributed by atoms with van der Waals surface area (Å²) < 4.78 is 44.5. The molecule has 1 fully saturated rings. The maximum atomic E-state index is 12.0. The number of carbonyl (C=O) groups excluding carboxylic acids is 3. The van der Waals surface area contributed by atoms with E-state index in [2.05, 4.69) is 15.0 Å². The minimum Gasteiger partial charge on any atom is -0.463 e. The van der Waals surface area contributed by atoms with E-state index in [0.29, 0.717) is 0 Å². The molecular weight excluding hydrogens is 412 g/mol. The number of fused-ring (bicyclic) bond motifs is 1. The number of imidazole rings is 1. The van der Waals surface area contributed by atoms with Gasteiger partial charge in [0.2, 0.25) is 0 Å². The number of hydrogen-bond acceptors (Lipinski definition) is 11. The predicted octanol–water partition coefficient (Wildman–Crippen LogP) is 0.378. The summed E-state index contributed by atoms with van der Waals surface area (Å²) in [6.07, 6.45) is -2.42. The van der Waals surface area contributed by atoms with Crippen LogP contribution in [-0.2, 0) is 38.9 Å². The molecule has 0 amide bonds. The molecule has 12 heteroatoms. The Balaban J connectivity index is 2.05. The fourth-order valence-corrected chi connectivity index (χ4v) is 3.30. The highest BCUT2D eigenvalue weighted by Crippen LogP contribution is 2.36. The fraction of sp³-hybridized carbons (Fsp3) is 0.579. The summed E-state index contributed by atoms with van der Waals surface area (Å²) in [6, 6.07) is 0. The quantitative estimate of drug-likeness (QED) is 0.491. The summed E-state index contributed by atoms with van der Waals surface area (Å²) in [5, 5.41) is 10.4. The van der Waals surface area contributed by atoms with Gasteiger partial charge in [0.25, 0.3) is 0 Å². The first kappa shape index (κ1) is 18.6. The third kappa shape index (κ3) is 4.80. The van der Waals surface area contributed by atoms with Crippen LogP contribution < -0.4 is 0 Å². The van der Waals surface area contributed by atoms with Gasteiger partial charge < -0.3 is 24.1 Å². The number of aliphatic hydroxyl groups is 1. The van der Waals surface area contributed by atoms with Gasteiger partial charge in [-0.25, -0.2) is 15.0 Å². The molecule has 168 valence electrons. The molecule has 2 aromatic heterocycles. The number of esters is 3. The fourth-order valence-electron chi connectivity index (χ4n) is 3.30. The SMILES string of the molecule is [2H]CC(=O)OC[C@H]1OC(n2cnc3c(C(C)(C)O)ncnc32)[C@H](OC(=O)C[2H])[C@@H]1OC(=O)C[2H]. The van der Waals surface area contributed by atoms with Gasteiger partial charge in [-0.2, -0.15) is 0 Å². The van der Waals surface area contributed by atoms with Crippen molar-refractivity contribution in [2.24, 2.45) is 0 Å². The molecule has 3 rings (SSSR count). The molecule has 1 saturated heterocycles. The molecule has 0 spiro atoms. The summed E-state index contributed by atoms with van der Waals surface area (Å²) in [5.41, 5.74) is -0.675. The van der Waals surface area contributed by atoms with Crippen molar-refractivity contribution in [1.29, 1.82) is 0 Å². The van der Waals surface area contributed by atoms with Crippen molar-refractivity contribution in [2.75, 3.05) is 6.61 Å². The van der Waals surface area contributed by atoms with Crippen molar-refractivity contribution in [3.8, 4) is 0 Å². The van der Waals surface area contributed by atoms with E-state index in [1.54, 1.807) is 0 Å². The predicted molar refractivity (Wildman–Crippen MR) is 102 cm³/mol. The highest BCUT2D eigenvalue weighted by molar-refractivity contribution is 5.74. The van der Waals surface area contributed by atoms with E-state index >= 15 is 0 Å². The molecular formula is C19H24N4O8. The second-order valence-corrected chi connectivity index (χ2v) is 7.26. The van der Waals surface area contributed by atoms with Crippen molar-refractivity contribution in [2.45, 2.75) is 64.7 Å². The lowest BCUT2D eigenvalue weighted by Gasteiger charge is -2.23. The Bertz CT molecular complexity index is 1060. The van der Waals surface area contributed by atoms with Crippen LogP contribution in [0.1, 0.15) is 50.6 Å². The topological polar surface area (TPSA) is 152 Å². The third-order valence-electron chi connectivity index (χ3n) is 4.44. The van der Waals surface area contributed by atoms with Gasteiger partial charge in [0.15, 0.2) is 24.1 Å². The van der Waals surface area contributed by atoms with E-state index in [0.717, 1.165) is 0 Å². The number of hydrogen-bond donors (Lipinski definition) is 1. The standard InChI is InChI=1S/C19H24N4O8/c1-9(24)28-6-12-14(29-10(2)25)15(30-11(3)26)18(31-12)23-8-22-13-16(19(4,5)27)20-7-21-17(13)23/h7-8,12,14-15,18,27H,6H2,1-5H3/t12-,14-,15-,18?/m1/s1/i1D,2D,3D. The van der Waals surface area contributed by atoms with E-state index < -0.39 is 75.4 Å². The van der Waals surface area contributed by atoms with Crippen molar-refractivity contribution in [1.82, 2.24) is 19.5 Å². The number of aromatic nitrogens is 4. The lowest BCUT2D eigenvalue weighted by atomic mass is 10.0. The average molecular weight is 439 g/mol. The minimum atomic E-state index is -1.35. The Morgan fingerprint density at radius 2 is 1.81 bits per heavy atom. The van der Waals surface area contributed by atoms with Crippen LogP contribution in [0, 0.1) is 0 Å². The lowest BCUT2D eigenvalue weighted by molar-refractivity contribution is -0.166. The molecule has 0 aromatic carbocycles. The zero-order valence-electron chi connectivity index (χ0n) is 19.9. The molecule has 12 nitrogen and oxygen atoms in total. The summed E-state index contributed by atoms with van der Waals surface area (Å²) in [4.78, 5) is 48.0. The van der Waals surface area contributed by atoms with Crippen LogP contribution in [0.4, 0.5) is 0 Å². The van der Waals surface area contributed by atoms with Gasteiger partial charge >= 0.3 is 17.9 Å². The Morgan fingerprint density at radius 1 is 1.13 bits per heavy atom. The summed E-state index contributed by atoms with van der Waals surface area (Å²) >= 11 is 0. The lowest BCUT2D eigenvalue weighted by Crippen LogP contribution is -2.40. The van der Waals surface area contributed by atoms with Crippen LogP contribution in [0.25, 0.3) is 11.2 Å². The van der Waals surface area contributed by atoms with Gasteiger partial charge in [-0.15, -0.1) is 0 Å². The monoisotopic (exact) mass is 439 g/mol. The largest absolute Gasteiger partial charge is 0.463 e. The molecule has 1 N–H and O–H groups in total. The molecule has 0 aliphatic carbocycles.